The molecule has 0 bridgehead atoms. The Morgan fingerprint density at radius 2 is 1.96 bits per heavy atom. The van der Waals surface area contributed by atoms with Crippen LogP contribution >= 0.6 is 11.8 Å². The Morgan fingerprint density at radius 3 is 2.71 bits per heavy atom. The number of nitrogens with one attached hydrogen (secondary N) is 1. The number of fused-ring (bicyclic) bond motifs is 1. The van der Waals surface area contributed by atoms with E-state index >= 15 is 0 Å². The van der Waals surface area contributed by atoms with Crippen LogP contribution in [0.1, 0.15) is 27.2 Å². The fraction of sp³-hybridized carbons (Fsp3) is 0.364. The summed E-state index contributed by atoms with van der Waals surface area (Å²) in [4.78, 5) is 19.5. The van der Waals surface area contributed by atoms with Gasteiger partial charge in [-0.2, -0.15) is 11.8 Å². The number of hydrogen-bond acceptors (Lipinski definition) is 4. The lowest BCUT2D eigenvalue weighted by molar-refractivity contribution is 0.0954. The average molecular weight is 395 g/mol. The number of pyridine rings is 1. The molecule has 1 N–H and O–H groups in total. The van der Waals surface area contributed by atoms with Gasteiger partial charge in [0.05, 0.1) is 5.69 Å². The number of hydrogen-bond donors (Lipinski definition) is 1. The minimum absolute atomic E-state index is 0.0270. The highest BCUT2D eigenvalue weighted by Gasteiger charge is 2.11. The third kappa shape index (κ3) is 4.56. The first-order chi connectivity index (χ1) is 13.7. The summed E-state index contributed by atoms with van der Waals surface area (Å²) >= 11 is 2.02. The van der Waals surface area contributed by atoms with Gasteiger partial charge in [0.15, 0.2) is 0 Å². The maximum atomic E-state index is 12.4. The quantitative estimate of drug-likeness (QED) is 0.698. The van der Waals surface area contributed by atoms with Gasteiger partial charge in [0.1, 0.15) is 5.65 Å². The molecule has 5 nitrogen and oxygen atoms in total. The molecule has 1 fully saturated rings. The molecule has 0 atom stereocenters. The molecule has 1 aliphatic heterocycles. The van der Waals surface area contributed by atoms with Gasteiger partial charge in [0.2, 0.25) is 0 Å². The van der Waals surface area contributed by atoms with Crippen LogP contribution in [0.2, 0.25) is 0 Å². The van der Waals surface area contributed by atoms with E-state index in [9.17, 15) is 4.79 Å². The number of aromatic nitrogens is 2. The number of thioether (sulfide) groups is 1. The second-order valence-corrected chi connectivity index (χ2v) is 8.47. The normalized spacial score (nSPS) is 15.0. The maximum absolute atomic E-state index is 12.4. The lowest BCUT2D eigenvalue weighted by Gasteiger charge is -2.26. The molecule has 1 saturated heterocycles. The van der Waals surface area contributed by atoms with Gasteiger partial charge in [-0.3, -0.25) is 9.69 Å². The maximum Gasteiger partial charge on any atom is 0.251 e. The molecule has 146 valence electrons. The van der Waals surface area contributed by atoms with Crippen molar-refractivity contribution in [2.75, 3.05) is 31.1 Å². The molecule has 0 unspecified atom stereocenters. The number of aryl methyl sites for hydroxylation is 1. The van der Waals surface area contributed by atoms with E-state index in [1.807, 2.05) is 46.8 Å². The molecule has 0 spiro atoms. The van der Waals surface area contributed by atoms with Crippen LogP contribution < -0.4 is 5.32 Å². The molecular weight excluding hydrogens is 368 g/mol. The average Bonchev–Trinajstić information content (AvgIpc) is 3.14. The summed E-state index contributed by atoms with van der Waals surface area (Å²) < 4.78 is 2.03. The highest BCUT2D eigenvalue weighted by Crippen LogP contribution is 2.14. The van der Waals surface area contributed by atoms with Crippen LogP contribution in [0, 0.1) is 6.92 Å². The number of imidazole rings is 1. The van der Waals surface area contributed by atoms with Crippen molar-refractivity contribution in [3.05, 3.63) is 71.2 Å². The summed E-state index contributed by atoms with van der Waals surface area (Å²) in [7, 11) is 0. The summed E-state index contributed by atoms with van der Waals surface area (Å²) in [6, 6.07) is 12.1. The molecule has 6 heteroatoms. The molecule has 1 amide bonds. The molecular formula is C22H26N4OS. The minimum atomic E-state index is -0.0270. The Balaban J connectivity index is 1.28. The number of amides is 1. The first-order valence-corrected chi connectivity index (χ1v) is 10.9. The molecule has 4 rings (SSSR count). The van der Waals surface area contributed by atoms with Gasteiger partial charge in [-0.05, 0) is 36.2 Å². The second-order valence-electron chi connectivity index (χ2n) is 7.25. The summed E-state index contributed by atoms with van der Waals surface area (Å²) in [5, 5.41) is 3.01. The van der Waals surface area contributed by atoms with Gasteiger partial charge in [0, 0.05) is 62.1 Å². The first-order valence-electron chi connectivity index (χ1n) is 9.79. The van der Waals surface area contributed by atoms with Crippen LogP contribution in [0.5, 0.6) is 0 Å². The number of carbonyl (C=O) groups is 1. The Bertz CT molecular complexity index is 945. The van der Waals surface area contributed by atoms with Gasteiger partial charge in [-0.1, -0.05) is 18.2 Å². The summed E-state index contributed by atoms with van der Waals surface area (Å²) in [5.41, 5.74) is 5.10. The Kier molecular flexibility index (Phi) is 5.98. The van der Waals surface area contributed by atoms with Crippen molar-refractivity contribution in [1.29, 1.82) is 0 Å². The predicted octanol–water partition coefficient (Wildman–Crippen LogP) is 3.16. The van der Waals surface area contributed by atoms with Gasteiger partial charge in [0.25, 0.3) is 5.91 Å². The van der Waals surface area contributed by atoms with Crippen molar-refractivity contribution in [1.82, 2.24) is 19.6 Å². The number of carbonyl (C=O) groups excluding carboxylic acids is 1. The summed E-state index contributed by atoms with van der Waals surface area (Å²) in [6.07, 6.45) is 4.75. The zero-order valence-electron chi connectivity index (χ0n) is 16.2. The third-order valence-electron chi connectivity index (χ3n) is 5.12. The van der Waals surface area contributed by atoms with Crippen LogP contribution in [-0.4, -0.2) is 51.3 Å². The number of rotatable bonds is 6. The fourth-order valence-electron chi connectivity index (χ4n) is 3.51. The third-order valence-corrected chi connectivity index (χ3v) is 6.06. The van der Waals surface area contributed by atoms with E-state index in [4.69, 9.17) is 0 Å². The first kappa shape index (κ1) is 19.0. The molecule has 3 aromatic rings. The van der Waals surface area contributed by atoms with Crippen molar-refractivity contribution in [2.45, 2.75) is 19.9 Å². The van der Waals surface area contributed by atoms with Gasteiger partial charge in [-0.25, -0.2) is 4.98 Å². The molecule has 0 saturated carbocycles. The summed E-state index contributed by atoms with van der Waals surface area (Å²) in [5.74, 6) is 2.40. The van der Waals surface area contributed by atoms with Crippen LogP contribution in [-0.2, 0) is 13.0 Å². The van der Waals surface area contributed by atoms with Crippen molar-refractivity contribution in [3.63, 3.8) is 0 Å². The van der Waals surface area contributed by atoms with Crippen molar-refractivity contribution in [2.24, 2.45) is 0 Å². The standard InChI is InChI=1S/C22H26N4OS/c1-17-3-2-10-26-16-20(24-21(17)26)8-9-23-22(27)19-6-4-18(5-7-19)15-25-11-13-28-14-12-25/h2-7,10,16H,8-9,11-15H2,1H3,(H,23,27). The SMILES string of the molecule is Cc1cccn2cc(CCNC(=O)c3ccc(CN4CCSCC4)cc3)nc12. The van der Waals surface area contributed by atoms with Gasteiger partial charge < -0.3 is 9.72 Å². The number of benzene rings is 1. The summed E-state index contributed by atoms with van der Waals surface area (Å²) in [6.45, 7) is 5.90. The van der Waals surface area contributed by atoms with E-state index < -0.39 is 0 Å². The lowest BCUT2D eigenvalue weighted by atomic mass is 10.1. The van der Waals surface area contributed by atoms with E-state index in [0.717, 1.165) is 43.0 Å². The van der Waals surface area contributed by atoms with Crippen LogP contribution in [0.3, 0.4) is 0 Å². The smallest absolute Gasteiger partial charge is 0.251 e. The van der Waals surface area contributed by atoms with Crippen LogP contribution in [0.4, 0.5) is 0 Å². The van der Waals surface area contributed by atoms with E-state index in [0.29, 0.717) is 12.1 Å². The molecule has 1 aliphatic rings. The lowest BCUT2D eigenvalue weighted by Crippen LogP contribution is -2.32. The van der Waals surface area contributed by atoms with E-state index in [1.165, 1.54) is 17.1 Å². The zero-order chi connectivity index (χ0) is 19.3. The van der Waals surface area contributed by atoms with Crippen molar-refractivity contribution < 1.29 is 4.79 Å². The van der Waals surface area contributed by atoms with Crippen LogP contribution in [0.25, 0.3) is 5.65 Å². The molecule has 1 aromatic carbocycles. The highest BCUT2D eigenvalue weighted by atomic mass is 32.2. The molecule has 3 heterocycles. The van der Waals surface area contributed by atoms with Crippen molar-refractivity contribution >= 4 is 23.3 Å². The van der Waals surface area contributed by atoms with E-state index in [-0.39, 0.29) is 5.91 Å². The number of nitrogens with zero attached hydrogens (tertiary/aromatic N) is 3. The molecule has 28 heavy (non-hydrogen) atoms. The molecule has 2 aromatic heterocycles. The monoisotopic (exact) mass is 394 g/mol. The van der Waals surface area contributed by atoms with Gasteiger partial charge >= 0.3 is 0 Å². The fourth-order valence-corrected chi connectivity index (χ4v) is 4.49. The highest BCUT2D eigenvalue weighted by molar-refractivity contribution is 7.99. The van der Waals surface area contributed by atoms with E-state index in [1.54, 1.807) is 0 Å². The Morgan fingerprint density at radius 1 is 1.18 bits per heavy atom. The van der Waals surface area contributed by atoms with Gasteiger partial charge in [-0.15, -0.1) is 0 Å². The second kappa shape index (κ2) is 8.80. The predicted molar refractivity (Wildman–Crippen MR) is 115 cm³/mol. The Hall–Kier alpha value is -2.31. The minimum Gasteiger partial charge on any atom is -0.352 e. The van der Waals surface area contributed by atoms with Crippen LogP contribution in [0.15, 0.2) is 48.8 Å². The zero-order valence-corrected chi connectivity index (χ0v) is 17.0. The molecule has 0 radical (unpaired) electrons. The van der Waals surface area contributed by atoms with E-state index in [2.05, 4.69) is 40.3 Å². The topological polar surface area (TPSA) is 49.6 Å². The Labute approximate surface area is 170 Å². The largest absolute Gasteiger partial charge is 0.352 e. The molecule has 0 aliphatic carbocycles. The van der Waals surface area contributed by atoms with Crippen molar-refractivity contribution in [3.8, 4) is 0 Å².